The van der Waals surface area contributed by atoms with Gasteiger partial charge in [0.25, 0.3) is 0 Å². The lowest BCUT2D eigenvalue weighted by molar-refractivity contribution is 0.480. The average Bonchev–Trinajstić information content (AvgIpc) is 2.55. The van der Waals surface area contributed by atoms with Crippen LogP contribution in [0.4, 0.5) is 5.69 Å². The van der Waals surface area contributed by atoms with E-state index in [4.69, 9.17) is 11.6 Å². The van der Waals surface area contributed by atoms with Crippen LogP contribution in [0.1, 0.15) is 18.4 Å². The van der Waals surface area contributed by atoms with Crippen LogP contribution in [0.15, 0.2) is 60.7 Å². The van der Waals surface area contributed by atoms with Crippen LogP contribution < -0.4 is 4.90 Å². The summed E-state index contributed by atoms with van der Waals surface area (Å²) in [6.07, 6.45) is 7.05. The number of hydrogen-bond acceptors (Lipinski definition) is 1. The fourth-order valence-corrected chi connectivity index (χ4v) is 2.94. The summed E-state index contributed by atoms with van der Waals surface area (Å²) in [7, 11) is 0. The lowest BCUT2D eigenvalue weighted by Gasteiger charge is -2.32. The Balaban J connectivity index is 1.55. The second-order valence-corrected chi connectivity index (χ2v) is 6.01. The van der Waals surface area contributed by atoms with Crippen molar-refractivity contribution in [1.82, 2.24) is 0 Å². The first-order valence-electron chi connectivity index (χ1n) is 7.55. The first kappa shape index (κ1) is 14.2. The van der Waals surface area contributed by atoms with E-state index in [-0.39, 0.29) is 0 Å². The average molecular weight is 298 g/mol. The van der Waals surface area contributed by atoms with Crippen molar-refractivity contribution >= 4 is 23.4 Å². The molecule has 1 aliphatic rings. The maximum absolute atomic E-state index is 5.95. The summed E-state index contributed by atoms with van der Waals surface area (Å²) in [5, 5.41) is 0.805. The topological polar surface area (TPSA) is 3.24 Å². The maximum Gasteiger partial charge on any atom is 0.0407 e. The van der Waals surface area contributed by atoms with E-state index in [0.717, 1.165) is 18.1 Å². The molecule has 0 bridgehead atoms. The summed E-state index contributed by atoms with van der Waals surface area (Å²) >= 11 is 5.95. The molecule has 108 valence electrons. The minimum Gasteiger partial charge on any atom is -0.371 e. The van der Waals surface area contributed by atoms with Gasteiger partial charge in [0.1, 0.15) is 0 Å². The molecule has 0 N–H and O–H groups in total. The Morgan fingerprint density at radius 3 is 2.24 bits per heavy atom. The van der Waals surface area contributed by atoms with Gasteiger partial charge in [-0.1, -0.05) is 54.1 Å². The molecule has 0 amide bonds. The van der Waals surface area contributed by atoms with Crippen LogP contribution >= 0.6 is 11.6 Å². The standard InChI is InChI=1S/C19H20ClN/c20-18-8-10-19(11-9-18)21-14-12-17(13-15-21)7-6-16-4-2-1-3-5-16/h1-11,17H,12-15H2/b7-6+. The molecule has 0 atom stereocenters. The van der Waals surface area contributed by atoms with Gasteiger partial charge in [-0.05, 0) is 48.6 Å². The molecule has 0 spiro atoms. The van der Waals surface area contributed by atoms with Crippen molar-refractivity contribution in [2.45, 2.75) is 12.8 Å². The van der Waals surface area contributed by atoms with Crippen molar-refractivity contribution in [1.29, 1.82) is 0 Å². The number of allylic oxidation sites excluding steroid dienone is 1. The highest BCUT2D eigenvalue weighted by Crippen LogP contribution is 2.25. The monoisotopic (exact) mass is 297 g/mol. The van der Waals surface area contributed by atoms with E-state index in [0.29, 0.717) is 5.92 Å². The summed E-state index contributed by atoms with van der Waals surface area (Å²) in [5.74, 6) is 0.689. The van der Waals surface area contributed by atoms with Gasteiger partial charge in [0.2, 0.25) is 0 Å². The first-order chi connectivity index (χ1) is 10.3. The molecule has 0 unspecified atom stereocenters. The van der Waals surface area contributed by atoms with Crippen molar-refractivity contribution in [3.8, 4) is 0 Å². The number of anilines is 1. The molecule has 0 aliphatic carbocycles. The van der Waals surface area contributed by atoms with Gasteiger partial charge in [0, 0.05) is 23.8 Å². The summed E-state index contributed by atoms with van der Waals surface area (Å²) in [4.78, 5) is 2.45. The van der Waals surface area contributed by atoms with Crippen molar-refractivity contribution in [2.24, 2.45) is 5.92 Å². The van der Waals surface area contributed by atoms with Crippen LogP contribution in [0.2, 0.25) is 5.02 Å². The van der Waals surface area contributed by atoms with E-state index in [9.17, 15) is 0 Å². The highest BCUT2D eigenvalue weighted by atomic mass is 35.5. The van der Waals surface area contributed by atoms with E-state index in [2.05, 4.69) is 59.5 Å². The van der Waals surface area contributed by atoms with Gasteiger partial charge in [-0.25, -0.2) is 0 Å². The zero-order chi connectivity index (χ0) is 14.5. The third-order valence-corrected chi connectivity index (χ3v) is 4.34. The minimum atomic E-state index is 0.689. The Kier molecular flexibility index (Phi) is 4.62. The molecule has 0 saturated carbocycles. The predicted molar refractivity (Wildman–Crippen MR) is 91.9 cm³/mol. The van der Waals surface area contributed by atoms with E-state index < -0.39 is 0 Å². The molecule has 1 nitrogen and oxygen atoms in total. The molecular weight excluding hydrogens is 278 g/mol. The Morgan fingerprint density at radius 2 is 1.57 bits per heavy atom. The normalized spacial score (nSPS) is 16.5. The van der Waals surface area contributed by atoms with Gasteiger partial charge < -0.3 is 4.90 Å². The fourth-order valence-electron chi connectivity index (χ4n) is 2.81. The summed E-state index contributed by atoms with van der Waals surface area (Å²) in [6.45, 7) is 2.23. The molecule has 1 fully saturated rings. The Labute approximate surface area is 131 Å². The molecule has 1 heterocycles. The van der Waals surface area contributed by atoms with Crippen LogP contribution in [0.25, 0.3) is 6.08 Å². The molecule has 1 aliphatic heterocycles. The van der Waals surface area contributed by atoms with Crippen LogP contribution in [-0.4, -0.2) is 13.1 Å². The molecule has 21 heavy (non-hydrogen) atoms. The number of halogens is 1. The zero-order valence-electron chi connectivity index (χ0n) is 12.1. The van der Waals surface area contributed by atoms with Crippen LogP contribution in [-0.2, 0) is 0 Å². The molecule has 2 aromatic rings. The lowest BCUT2D eigenvalue weighted by atomic mass is 9.95. The van der Waals surface area contributed by atoms with Crippen LogP contribution in [0.5, 0.6) is 0 Å². The van der Waals surface area contributed by atoms with Crippen molar-refractivity contribution in [3.05, 3.63) is 71.3 Å². The third-order valence-electron chi connectivity index (χ3n) is 4.09. The van der Waals surface area contributed by atoms with E-state index in [1.165, 1.54) is 24.1 Å². The molecule has 3 rings (SSSR count). The van der Waals surface area contributed by atoms with Crippen molar-refractivity contribution in [2.75, 3.05) is 18.0 Å². The minimum absolute atomic E-state index is 0.689. The SMILES string of the molecule is Clc1ccc(N2CCC(/C=C/c3ccccc3)CC2)cc1. The molecule has 2 aromatic carbocycles. The maximum atomic E-state index is 5.95. The summed E-state index contributed by atoms with van der Waals surface area (Å²) < 4.78 is 0. The Bertz CT molecular complexity index is 581. The molecule has 0 radical (unpaired) electrons. The van der Waals surface area contributed by atoms with E-state index in [1.807, 2.05) is 12.1 Å². The van der Waals surface area contributed by atoms with Crippen LogP contribution in [0, 0.1) is 5.92 Å². The Morgan fingerprint density at radius 1 is 0.905 bits per heavy atom. The van der Waals surface area contributed by atoms with Gasteiger partial charge in [-0.2, -0.15) is 0 Å². The summed E-state index contributed by atoms with van der Waals surface area (Å²) in [5.41, 5.74) is 2.57. The van der Waals surface area contributed by atoms with E-state index in [1.54, 1.807) is 0 Å². The first-order valence-corrected chi connectivity index (χ1v) is 7.93. The fraction of sp³-hybridized carbons (Fsp3) is 0.263. The van der Waals surface area contributed by atoms with E-state index >= 15 is 0 Å². The molecule has 0 aromatic heterocycles. The number of nitrogens with zero attached hydrogens (tertiary/aromatic N) is 1. The largest absolute Gasteiger partial charge is 0.371 e. The predicted octanol–water partition coefficient (Wildman–Crippen LogP) is 5.27. The second kappa shape index (κ2) is 6.82. The van der Waals surface area contributed by atoms with Crippen molar-refractivity contribution < 1.29 is 0 Å². The lowest BCUT2D eigenvalue weighted by Crippen LogP contribution is -2.32. The zero-order valence-corrected chi connectivity index (χ0v) is 12.8. The van der Waals surface area contributed by atoms with Gasteiger partial charge in [0.05, 0.1) is 0 Å². The quantitative estimate of drug-likeness (QED) is 0.746. The molecule has 1 saturated heterocycles. The third kappa shape index (κ3) is 3.89. The number of hydrogen-bond donors (Lipinski definition) is 0. The van der Waals surface area contributed by atoms with Gasteiger partial charge in [-0.3, -0.25) is 0 Å². The second-order valence-electron chi connectivity index (χ2n) is 5.57. The highest BCUT2D eigenvalue weighted by Gasteiger charge is 2.17. The highest BCUT2D eigenvalue weighted by molar-refractivity contribution is 6.30. The Hall–Kier alpha value is -1.73. The van der Waals surface area contributed by atoms with Gasteiger partial charge >= 0.3 is 0 Å². The number of benzene rings is 2. The van der Waals surface area contributed by atoms with Crippen molar-refractivity contribution in [3.63, 3.8) is 0 Å². The number of piperidine rings is 1. The molecule has 2 heteroatoms. The molecular formula is C19H20ClN. The number of rotatable bonds is 3. The summed E-state index contributed by atoms with van der Waals surface area (Å²) in [6, 6.07) is 18.7. The van der Waals surface area contributed by atoms with Gasteiger partial charge in [0.15, 0.2) is 0 Å². The van der Waals surface area contributed by atoms with Crippen LogP contribution in [0.3, 0.4) is 0 Å². The smallest absolute Gasteiger partial charge is 0.0407 e. The van der Waals surface area contributed by atoms with Gasteiger partial charge in [-0.15, -0.1) is 0 Å².